The zero-order valence-corrected chi connectivity index (χ0v) is 13.3. The van der Waals surface area contributed by atoms with E-state index in [4.69, 9.17) is 5.73 Å². The predicted molar refractivity (Wildman–Crippen MR) is 89.6 cm³/mol. The van der Waals surface area contributed by atoms with E-state index in [9.17, 15) is 9.59 Å². The van der Waals surface area contributed by atoms with E-state index in [0.29, 0.717) is 18.8 Å². The second-order valence-corrected chi connectivity index (χ2v) is 5.42. The number of fused-ring (bicyclic) bond motifs is 1. The topological polar surface area (TPSA) is 108 Å². The van der Waals surface area contributed by atoms with Gasteiger partial charge in [-0.2, -0.15) is 9.90 Å². The number of hydrogen-bond donors (Lipinski definition) is 2. The molecule has 0 fully saturated rings. The molecule has 3 rings (SSSR count). The van der Waals surface area contributed by atoms with Crippen LogP contribution in [0.4, 0.5) is 5.82 Å². The Bertz CT molecular complexity index is 895. The van der Waals surface area contributed by atoms with Crippen molar-refractivity contribution in [2.75, 3.05) is 11.9 Å². The van der Waals surface area contributed by atoms with Crippen molar-refractivity contribution in [2.24, 2.45) is 5.73 Å². The van der Waals surface area contributed by atoms with Crippen LogP contribution in [-0.2, 0) is 17.8 Å². The number of aromatic nitrogens is 4. The highest BCUT2D eigenvalue weighted by Gasteiger charge is 2.14. The molecule has 8 nitrogen and oxygen atoms in total. The van der Waals surface area contributed by atoms with E-state index >= 15 is 0 Å². The first-order valence-electron chi connectivity index (χ1n) is 7.58. The number of carbonyl (C=O) groups excluding carboxylic acids is 2. The standard InChI is InChI=1S/C16H18N6O2/c1-11(23)19-15-8-18-22(20-15)10-16(24)21-9-12(6-7-17)13-4-2-3-5-14(13)21/h2-5,8-9H,6-7,10,17H2,1H3,(H,19,20,23). The molecule has 0 bridgehead atoms. The molecule has 124 valence electrons. The minimum Gasteiger partial charge on any atom is -0.330 e. The molecule has 2 heterocycles. The fourth-order valence-corrected chi connectivity index (χ4v) is 2.62. The maximum Gasteiger partial charge on any atom is 0.254 e. The first-order chi connectivity index (χ1) is 11.6. The molecule has 0 unspecified atom stereocenters. The number of anilines is 1. The van der Waals surface area contributed by atoms with Crippen LogP contribution < -0.4 is 11.1 Å². The van der Waals surface area contributed by atoms with Crippen LogP contribution >= 0.6 is 0 Å². The second kappa shape index (κ2) is 6.63. The third-order valence-corrected chi connectivity index (χ3v) is 3.59. The van der Waals surface area contributed by atoms with E-state index in [0.717, 1.165) is 16.5 Å². The Hall–Kier alpha value is -3.00. The van der Waals surface area contributed by atoms with Crippen LogP contribution in [0.15, 0.2) is 36.7 Å². The quantitative estimate of drug-likeness (QED) is 0.728. The predicted octanol–water partition coefficient (Wildman–Crippen LogP) is 1.03. The van der Waals surface area contributed by atoms with Crippen molar-refractivity contribution in [1.82, 2.24) is 19.6 Å². The summed E-state index contributed by atoms with van der Waals surface area (Å²) < 4.78 is 1.60. The Morgan fingerprint density at radius 1 is 1.29 bits per heavy atom. The second-order valence-electron chi connectivity index (χ2n) is 5.42. The van der Waals surface area contributed by atoms with E-state index in [1.807, 2.05) is 30.5 Å². The fourth-order valence-electron chi connectivity index (χ4n) is 2.62. The number of nitrogens with one attached hydrogen (secondary N) is 1. The van der Waals surface area contributed by atoms with Crippen molar-refractivity contribution >= 4 is 28.5 Å². The first-order valence-corrected chi connectivity index (χ1v) is 7.58. The largest absolute Gasteiger partial charge is 0.330 e. The van der Waals surface area contributed by atoms with Crippen LogP contribution in [0.25, 0.3) is 10.9 Å². The van der Waals surface area contributed by atoms with Crippen LogP contribution in [0.5, 0.6) is 0 Å². The minimum absolute atomic E-state index is 0.0275. The lowest BCUT2D eigenvalue weighted by atomic mass is 10.1. The summed E-state index contributed by atoms with van der Waals surface area (Å²) in [6.45, 7) is 1.87. The van der Waals surface area contributed by atoms with Gasteiger partial charge in [0.25, 0.3) is 5.91 Å². The van der Waals surface area contributed by atoms with Gasteiger partial charge in [0, 0.05) is 18.5 Å². The molecule has 0 atom stereocenters. The van der Waals surface area contributed by atoms with Crippen molar-refractivity contribution in [3.8, 4) is 0 Å². The van der Waals surface area contributed by atoms with Gasteiger partial charge in [-0.25, -0.2) is 0 Å². The number of para-hydroxylation sites is 1. The number of benzene rings is 1. The molecule has 0 saturated heterocycles. The van der Waals surface area contributed by atoms with Crippen LogP contribution in [0.2, 0.25) is 0 Å². The highest BCUT2D eigenvalue weighted by molar-refractivity contribution is 5.94. The molecule has 1 aromatic carbocycles. The van der Waals surface area contributed by atoms with Gasteiger partial charge in [0.1, 0.15) is 6.54 Å². The van der Waals surface area contributed by atoms with E-state index in [-0.39, 0.29) is 18.4 Å². The van der Waals surface area contributed by atoms with Crippen molar-refractivity contribution in [1.29, 1.82) is 0 Å². The van der Waals surface area contributed by atoms with E-state index in [1.54, 1.807) is 4.57 Å². The molecule has 0 aliphatic heterocycles. The normalized spacial score (nSPS) is 10.9. The summed E-state index contributed by atoms with van der Waals surface area (Å²) in [4.78, 5) is 24.9. The van der Waals surface area contributed by atoms with Crippen LogP contribution in [-0.4, -0.2) is 37.9 Å². The fraction of sp³-hybridized carbons (Fsp3) is 0.250. The molecule has 1 amide bonds. The lowest BCUT2D eigenvalue weighted by Gasteiger charge is -2.03. The average Bonchev–Trinajstić information content (AvgIpc) is 3.12. The monoisotopic (exact) mass is 326 g/mol. The lowest BCUT2D eigenvalue weighted by molar-refractivity contribution is -0.114. The van der Waals surface area contributed by atoms with Crippen molar-refractivity contribution < 1.29 is 9.59 Å². The highest BCUT2D eigenvalue weighted by Crippen LogP contribution is 2.21. The molecule has 8 heteroatoms. The molecule has 3 N–H and O–H groups in total. The number of rotatable bonds is 5. The first kappa shape index (κ1) is 15.9. The molecule has 0 spiro atoms. The van der Waals surface area contributed by atoms with Gasteiger partial charge in [0.15, 0.2) is 5.82 Å². The number of nitrogens with two attached hydrogens (primary N) is 1. The van der Waals surface area contributed by atoms with Gasteiger partial charge in [-0.3, -0.25) is 14.2 Å². The SMILES string of the molecule is CC(=O)Nc1cnn(CC(=O)n2cc(CCN)c3ccccc32)n1. The average molecular weight is 326 g/mol. The maximum absolute atomic E-state index is 12.6. The summed E-state index contributed by atoms with van der Waals surface area (Å²) >= 11 is 0. The molecular formula is C16H18N6O2. The highest BCUT2D eigenvalue weighted by atomic mass is 16.2. The molecule has 3 aromatic rings. The molecule has 0 radical (unpaired) electrons. The van der Waals surface area contributed by atoms with Gasteiger partial charge >= 0.3 is 0 Å². The van der Waals surface area contributed by atoms with E-state index in [2.05, 4.69) is 15.5 Å². The Morgan fingerprint density at radius 3 is 2.83 bits per heavy atom. The van der Waals surface area contributed by atoms with E-state index < -0.39 is 0 Å². The van der Waals surface area contributed by atoms with Crippen LogP contribution in [0.3, 0.4) is 0 Å². The summed E-state index contributed by atoms with van der Waals surface area (Å²) in [5.74, 6) is -0.0906. The molecule has 0 saturated carbocycles. The lowest BCUT2D eigenvalue weighted by Crippen LogP contribution is -2.19. The third-order valence-electron chi connectivity index (χ3n) is 3.59. The zero-order valence-electron chi connectivity index (χ0n) is 13.3. The Kier molecular flexibility index (Phi) is 4.39. The Balaban J connectivity index is 1.86. The third kappa shape index (κ3) is 3.18. The zero-order chi connectivity index (χ0) is 17.1. The van der Waals surface area contributed by atoms with Gasteiger partial charge in [-0.05, 0) is 24.6 Å². The van der Waals surface area contributed by atoms with Crippen molar-refractivity contribution in [3.05, 3.63) is 42.2 Å². The minimum atomic E-state index is -0.240. The summed E-state index contributed by atoms with van der Waals surface area (Å²) in [5.41, 5.74) is 7.52. The molecule has 0 aliphatic carbocycles. The van der Waals surface area contributed by atoms with Crippen molar-refractivity contribution in [3.63, 3.8) is 0 Å². The molecule has 24 heavy (non-hydrogen) atoms. The Morgan fingerprint density at radius 2 is 2.08 bits per heavy atom. The molecule has 0 aliphatic rings. The smallest absolute Gasteiger partial charge is 0.254 e. The summed E-state index contributed by atoms with van der Waals surface area (Å²) in [6.07, 6.45) is 3.92. The van der Waals surface area contributed by atoms with Crippen LogP contribution in [0.1, 0.15) is 17.3 Å². The van der Waals surface area contributed by atoms with Gasteiger partial charge in [0.2, 0.25) is 5.91 Å². The van der Waals surface area contributed by atoms with Gasteiger partial charge in [-0.15, -0.1) is 5.10 Å². The summed E-state index contributed by atoms with van der Waals surface area (Å²) in [7, 11) is 0. The van der Waals surface area contributed by atoms with Crippen molar-refractivity contribution in [2.45, 2.75) is 19.9 Å². The van der Waals surface area contributed by atoms with Gasteiger partial charge in [0.05, 0.1) is 11.7 Å². The van der Waals surface area contributed by atoms with Gasteiger partial charge < -0.3 is 11.1 Å². The number of nitrogens with zero attached hydrogens (tertiary/aromatic N) is 4. The molecular weight excluding hydrogens is 308 g/mol. The van der Waals surface area contributed by atoms with Gasteiger partial charge in [-0.1, -0.05) is 18.2 Å². The summed E-state index contributed by atoms with van der Waals surface area (Å²) in [5, 5.41) is 11.6. The van der Waals surface area contributed by atoms with Crippen LogP contribution in [0, 0.1) is 0 Å². The number of amides is 1. The molecule has 2 aromatic heterocycles. The maximum atomic E-state index is 12.6. The summed E-state index contributed by atoms with van der Waals surface area (Å²) in [6, 6.07) is 7.70. The Labute approximate surface area is 138 Å². The van der Waals surface area contributed by atoms with E-state index in [1.165, 1.54) is 17.9 Å². The number of hydrogen-bond acceptors (Lipinski definition) is 5. The number of carbonyl (C=O) groups is 2.